The molecule has 3 aliphatic carbocycles. The van der Waals surface area contributed by atoms with E-state index < -0.39 is 10.8 Å². The van der Waals surface area contributed by atoms with E-state index in [0.29, 0.717) is 0 Å². The average Bonchev–Trinajstić information content (AvgIpc) is 4.24. The highest BCUT2D eigenvalue weighted by Gasteiger charge is 2.54. The van der Waals surface area contributed by atoms with E-state index in [4.69, 9.17) is 4.74 Å². The van der Waals surface area contributed by atoms with Crippen LogP contribution in [-0.2, 0) is 21.7 Å². The normalized spacial score (nSPS) is 14.4. The van der Waals surface area contributed by atoms with Crippen molar-refractivity contribution in [3.05, 3.63) is 292 Å². The number of anilines is 3. The number of rotatable bonds is 4. The first-order valence-corrected chi connectivity index (χ1v) is 26.8. The van der Waals surface area contributed by atoms with Gasteiger partial charge in [-0.1, -0.05) is 236 Å². The maximum absolute atomic E-state index is 7.62. The largest absolute Gasteiger partial charge is 0.454 e. The van der Waals surface area contributed by atoms with Crippen molar-refractivity contribution in [3.63, 3.8) is 0 Å². The van der Waals surface area contributed by atoms with Crippen LogP contribution in [0.5, 0.6) is 11.5 Å². The van der Waals surface area contributed by atoms with E-state index in [2.05, 4.69) is 277 Å². The first kappa shape index (κ1) is 44.6. The monoisotopic (exact) mass is 973 g/mol. The number of benzene rings is 10. The lowest BCUT2D eigenvalue weighted by atomic mass is 9.64. The number of nitrogens with zero attached hydrogens (tertiary/aromatic N) is 1. The Kier molecular flexibility index (Phi) is 9.27. The molecule has 2 heteroatoms. The molecule has 0 radical (unpaired) electrons. The van der Waals surface area contributed by atoms with Crippen molar-refractivity contribution in [1.29, 1.82) is 0 Å². The van der Waals surface area contributed by atoms with Crippen LogP contribution >= 0.6 is 0 Å². The number of fused-ring (bicyclic) bond motifs is 20. The maximum atomic E-state index is 7.62. The predicted molar refractivity (Wildman–Crippen MR) is 313 cm³/mol. The van der Waals surface area contributed by atoms with Gasteiger partial charge in [-0.05, 0) is 148 Å². The molecule has 15 rings (SSSR count). The molecule has 0 amide bonds. The van der Waals surface area contributed by atoms with E-state index in [1.807, 2.05) is 6.07 Å². The lowest BCUT2D eigenvalue weighted by Crippen LogP contribution is -2.33. The first-order chi connectivity index (χ1) is 37.0. The number of hydrogen-bond acceptors (Lipinski definition) is 2. The maximum Gasteiger partial charge on any atom is 0.156 e. The van der Waals surface area contributed by atoms with Crippen LogP contribution in [0.4, 0.5) is 17.1 Å². The molecule has 0 N–H and O–H groups in total. The van der Waals surface area contributed by atoms with Crippen LogP contribution in [0.2, 0.25) is 0 Å². The van der Waals surface area contributed by atoms with Crippen molar-refractivity contribution >= 4 is 27.8 Å². The summed E-state index contributed by atoms with van der Waals surface area (Å²) < 4.78 is 7.62. The van der Waals surface area contributed by atoms with Crippen LogP contribution in [0.25, 0.3) is 55.3 Å². The minimum atomic E-state index is -0.717. The van der Waals surface area contributed by atoms with Gasteiger partial charge in [-0.25, -0.2) is 0 Å². The molecule has 11 aromatic rings. The summed E-state index contributed by atoms with van der Waals surface area (Å²) in [6.45, 7) is 14.0. The average molecular weight is 974 g/mol. The molecule has 362 valence electrons. The molecule has 0 fully saturated rings. The van der Waals surface area contributed by atoms with Crippen molar-refractivity contribution in [1.82, 2.24) is 0 Å². The van der Waals surface area contributed by atoms with Crippen molar-refractivity contribution in [2.75, 3.05) is 4.90 Å². The molecule has 1 heterocycles. The van der Waals surface area contributed by atoms with E-state index in [-0.39, 0.29) is 10.8 Å². The Balaban J connectivity index is 1.06. The Morgan fingerprint density at radius 3 is 1.49 bits per heavy atom. The predicted octanol–water partition coefficient (Wildman–Crippen LogP) is 19.0. The fourth-order valence-electron chi connectivity index (χ4n) is 13.9. The highest BCUT2D eigenvalue weighted by atomic mass is 16.5. The minimum Gasteiger partial charge on any atom is -0.454 e. The van der Waals surface area contributed by atoms with E-state index in [1.165, 1.54) is 88.7 Å². The SMILES string of the molecule is CC(C)(C)c1ccc2c(c1)C1(c3ccccc3Oc3c(N(c4ccc5c(c4)C4(c6ccccc6-c6ccccc64)c4ccccc4-5)c4c#cccc4-c4cccc5ccccc45)cccc31)c1cc(C(C)(C)C)ccc1-2. The zero-order valence-corrected chi connectivity index (χ0v) is 43.7. The van der Waals surface area contributed by atoms with Crippen LogP contribution in [0.1, 0.15) is 97.2 Å². The molecule has 4 aliphatic rings. The van der Waals surface area contributed by atoms with Crippen LogP contribution in [0.15, 0.2) is 224 Å². The van der Waals surface area contributed by atoms with Gasteiger partial charge in [-0.2, -0.15) is 0 Å². The molecule has 0 atom stereocenters. The lowest BCUT2D eigenvalue weighted by Gasteiger charge is -2.42. The quantitative estimate of drug-likeness (QED) is 0.174. The first-order valence-electron chi connectivity index (χ1n) is 26.8. The third-order valence-electron chi connectivity index (χ3n) is 17.3. The Bertz CT molecular complexity index is 4120. The molecule has 0 bridgehead atoms. The minimum absolute atomic E-state index is 0.0870. The number of para-hydroxylation sites is 2. The second-order valence-corrected chi connectivity index (χ2v) is 23.4. The summed E-state index contributed by atoms with van der Waals surface area (Å²) in [5, 5.41) is 2.36. The Hall–Kier alpha value is -8.90. The van der Waals surface area contributed by atoms with Crippen LogP contribution in [0, 0.1) is 12.1 Å². The molecule has 1 aliphatic heterocycles. The van der Waals surface area contributed by atoms with Gasteiger partial charge in [0.05, 0.1) is 16.5 Å². The van der Waals surface area contributed by atoms with Crippen LogP contribution in [-0.4, -0.2) is 0 Å². The standard InChI is InChI=1S/C74H55NO/c1-71(2,3)47-37-40-55-56-41-38-48(72(4,5)6)44-65(56)74(64(55)43-47)62-32-16-18-36-69(62)76-70-63(74)33-20-35-68(70)75(67-34-17-12-27-58(67)51-28-19-22-46-21-7-8-23-50(46)51)49-39-42-57-54-26-11-15-31-61(54)73(66(57)45-49)59-29-13-9-24-52(59)53-25-10-14-30-60(53)73/h7-16,18-33,35-45H,1-6H3. The molecule has 0 aromatic heterocycles. The molecular weight excluding hydrogens is 919 g/mol. The summed E-state index contributed by atoms with van der Waals surface area (Å²) >= 11 is 0. The third kappa shape index (κ3) is 5.95. The van der Waals surface area contributed by atoms with Gasteiger partial charge in [0.1, 0.15) is 11.4 Å². The summed E-state index contributed by atoms with van der Waals surface area (Å²) in [5.74, 6) is 1.67. The number of ether oxygens (including phenoxy) is 1. The van der Waals surface area contributed by atoms with Gasteiger partial charge in [-0.15, -0.1) is 0 Å². The van der Waals surface area contributed by atoms with Crippen LogP contribution < -0.4 is 9.64 Å². The molecule has 0 saturated heterocycles. The van der Waals surface area contributed by atoms with Crippen molar-refractivity contribution < 1.29 is 4.74 Å². The Morgan fingerprint density at radius 2 is 0.855 bits per heavy atom. The van der Waals surface area contributed by atoms with E-state index in [1.54, 1.807) is 0 Å². The molecule has 0 unspecified atom stereocenters. The highest BCUT2D eigenvalue weighted by molar-refractivity contribution is 6.03. The van der Waals surface area contributed by atoms with Gasteiger partial charge in [0.2, 0.25) is 0 Å². The Morgan fingerprint density at radius 1 is 0.382 bits per heavy atom. The molecule has 2 nitrogen and oxygen atoms in total. The lowest BCUT2D eigenvalue weighted by molar-refractivity contribution is 0.437. The Labute approximate surface area is 446 Å². The zero-order chi connectivity index (χ0) is 51.3. The number of hydrogen-bond donors (Lipinski definition) is 0. The van der Waals surface area contributed by atoms with Gasteiger partial charge in [0.25, 0.3) is 0 Å². The fourth-order valence-corrected chi connectivity index (χ4v) is 13.9. The summed E-state index contributed by atoms with van der Waals surface area (Å²) in [4.78, 5) is 2.44. The second-order valence-electron chi connectivity index (χ2n) is 23.4. The van der Waals surface area contributed by atoms with Gasteiger partial charge in [0, 0.05) is 22.4 Å². The van der Waals surface area contributed by atoms with Crippen molar-refractivity contribution in [2.45, 2.75) is 63.2 Å². The van der Waals surface area contributed by atoms with E-state index >= 15 is 0 Å². The van der Waals surface area contributed by atoms with E-state index in [9.17, 15) is 0 Å². The van der Waals surface area contributed by atoms with Crippen molar-refractivity contribution in [3.8, 4) is 56.0 Å². The molecule has 11 aromatic carbocycles. The third-order valence-corrected chi connectivity index (χ3v) is 17.3. The molecular formula is C74H55NO. The molecule has 0 saturated carbocycles. The summed E-state index contributed by atoms with van der Waals surface area (Å²) in [7, 11) is 0. The van der Waals surface area contributed by atoms with Gasteiger partial charge >= 0.3 is 0 Å². The topological polar surface area (TPSA) is 12.5 Å². The highest BCUT2D eigenvalue weighted by Crippen LogP contribution is 2.67. The fraction of sp³-hybridized carbons (Fsp3) is 0.135. The summed E-state index contributed by atoms with van der Waals surface area (Å²) in [5.41, 5.74) is 23.8. The van der Waals surface area contributed by atoms with E-state index in [0.717, 1.165) is 50.8 Å². The van der Waals surface area contributed by atoms with Gasteiger partial charge in [-0.3, -0.25) is 4.90 Å². The smallest absolute Gasteiger partial charge is 0.156 e. The summed E-state index contributed by atoms with van der Waals surface area (Å²) in [6.07, 6.45) is 0. The molecule has 76 heavy (non-hydrogen) atoms. The van der Waals surface area contributed by atoms with Crippen molar-refractivity contribution in [2.24, 2.45) is 0 Å². The molecule has 2 spiro atoms. The second kappa shape index (κ2) is 15.8. The van der Waals surface area contributed by atoms with Gasteiger partial charge in [0.15, 0.2) is 5.75 Å². The zero-order valence-electron chi connectivity index (χ0n) is 43.7. The van der Waals surface area contributed by atoms with Gasteiger partial charge < -0.3 is 4.74 Å². The van der Waals surface area contributed by atoms with Crippen LogP contribution in [0.3, 0.4) is 0 Å². The summed E-state index contributed by atoms with van der Waals surface area (Å²) in [6, 6.07) is 91.4.